The summed E-state index contributed by atoms with van der Waals surface area (Å²) in [5, 5.41) is 12.4. The number of anilines is 1. The van der Waals surface area contributed by atoms with Crippen LogP contribution in [0.15, 0.2) is 24.3 Å². The maximum Gasteiger partial charge on any atom is 0.326 e. The molecule has 3 fully saturated rings. The van der Waals surface area contributed by atoms with E-state index in [-0.39, 0.29) is 17.7 Å². The highest BCUT2D eigenvalue weighted by molar-refractivity contribution is 5.99. The summed E-state index contributed by atoms with van der Waals surface area (Å²) in [7, 11) is 0. The van der Waals surface area contributed by atoms with Crippen molar-refractivity contribution in [2.24, 2.45) is 17.8 Å². The maximum atomic E-state index is 12.9. The van der Waals surface area contributed by atoms with Crippen molar-refractivity contribution < 1.29 is 19.5 Å². The van der Waals surface area contributed by atoms with Gasteiger partial charge in [0.25, 0.3) is 5.91 Å². The van der Waals surface area contributed by atoms with E-state index in [4.69, 9.17) is 0 Å². The van der Waals surface area contributed by atoms with Crippen LogP contribution in [0.25, 0.3) is 0 Å². The quantitative estimate of drug-likeness (QED) is 0.852. The Morgan fingerprint density at radius 3 is 2.41 bits per heavy atom. The Morgan fingerprint density at radius 2 is 1.70 bits per heavy atom. The van der Waals surface area contributed by atoms with Crippen LogP contribution in [0, 0.1) is 17.8 Å². The second kappa shape index (κ2) is 7.33. The van der Waals surface area contributed by atoms with Gasteiger partial charge < -0.3 is 15.3 Å². The van der Waals surface area contributed by atoms with E-state index in [9.17, 15) is 19.5 Å². The number of aliphatic carboxylic acids is 1. The minimum atomic E-state index is -0.955. The molecule has 144 valence electrons. The first kappa shape index (κ1) is 18.0. The Balaban J connectivity index is 1.45. The number of hydrogen-bond acceptors (Lipinski definition) is 3. The van der Waals surface area contributed by atoms with Gasteiger partial charge in [0.15, 0.2) is 0 Å². The van der Waals surface area contributed by atoms with Crippen LogP contribution in [-0.2, 0) is 9.59 Å². The smallest absolute Gasteiger partial charge is 0.326 e. The Bertz CT molecular complexity index is 750. The summed E-state index contributed by atoms with van der Waals surface area (Å²) in [4.78, 5) is 38.3. The summed E-state index contributed by atoms with van der Waals surface area (Å²) in [6.45, 7) is 0.456. The highest BCUT2D eigenvalue weighted by Crippen LogP contribution is 2.55. The highest BCUT2D eigenvalue weighted by Gasteiger charge is 2.54. The molecule has 3 unspecified atom stereocenters. The number of fused-ring (bicyclic) bond motifs is 1. The van der Waals surface area contributed by atoms with E-state index in [1.807, 2.05) is 0 Å². The lowest BCUT2D eigenvalue weighted by atomic mass is 10.0. The van der Waals surface area contributed by atoms with Gasteiger partial charge in [0.05, 0.1) is 0 Å². The third-order valence-corrected chi connectivity index (χ3v) is 6.39. The summed E-state index contributed by atoms with van der Waals surface area (Å²) in [6.07, 6.45) is 6.85. The average molecular weight is 370 g/mol. The zero-order valence-electron chi connectivity index (χ0n) is 15.4. The molecule has 1 aromatic rings. The van der Waals surface area contributed by atoms with Gasteiger partial charge in [0, 0.05) is 23.7 Å². The minimum Gasteiger partial charge on any atom is -0.480 e. The number of amides is 2. The fourth-order valence-corrected chi connectivity index (χ4v) is 4.93. The Hall–Kier alpha value is -2.37. The molecule has 2 saturated carbocycles. The van der Waals surface area contributed by atoms with Crippen LogP contribution < -0.4 is 5.32 Å². The molecule has 2 N–H and O–H groups in total. The highest BCUT2D eigenvalue weighted by atomic mass is 16.4. The summed E-state index contributed by atoms with van der Waals surface area (Å²) in [6, 6.07) is 6.11. The second-order valence-corrected chi connectivity index (χ2v) is 8.06. The van der Waals surface area contributed by atoms with Gasteiger partial charge in [0.1, 0.15) is 6.04 Å². The topological polar surface area (TPSA) is 86.7 Å². The number of piperidine rings is 1. The second-order valence-electron chi connectivity index (χ2n) is 8.06. The first-order valence-corrected chi connectivity index (χ1v) is 10.0. The SMILES string of the molecule is O=C(Nc1cccc(C(=O)N2CCCCC2C(=O)O)c1)C1C2CCCCC21. The van der Waals surface area contributed by atoms with E-state index in [0.29, 0.717) is 36.1 Å². The standard InChI is InChI=1S/C21H26N2O4/c24-19(18-15-8-1-2-9-16(15)18)22-14-7-5-6-13(12-14)20(25)23-11-4-3-10-17(23)21(26)27/h5-7,12,15-18H,1-4,8-11H2,(H,22,24)(H,26,27). The number of hydrogen-bond donors (Lipinski definition) is 2. The molecule has 6 heteroatoms. The van der Waals surface area contributed by atoms with Crippen LogP contribution in [0.3, 0.4) is 0 Å². The summed E-state index contributed by atoms with van der Waals surface area (Å²) in [5.41, 5.74) is 1.03. The molecule has 27 heavy (non-hydrogen) atoms. The lowest BCUT2D eigenvalue weighted by Gasteiger charge is -2.33. The van der Waals surface area contributed by atoms with Crippen molar-refractivity contribution in [2.75, 3.05) is 11.9 Å². The molecular weight excluding hydrogens is 344 g/mol. The molecular formula is C21H26N2O4. The molecule has 3 aliphatic rings. The molecule has 0 spiro atoms. The van der Waals surface area contributed by atoms with Gasteiger partial charge in [-0.05, 0) is 62.1 Å². The molecule has 3 atom stereocenters. The van der Waals surface area contributed by atoms with Crippen LogP contribution in [0.4, 0.5) is 5.69 Å². The lowest BCUT2D eigenvalue weighted by Crippen LogP contribution is -2.48. The molecule has 2 amide bonds. The fraction of sp³-hybridized carbons (Fsp3) is 0.571. The predicted octanol–water partition coefficient (Wildman–Crippen LogP) is 3.14. The monoisotopic (exact) mass is 370 g/mol. The van der Waals surface area contributed by atoms with Crippen LogP contribution in [0.2, 0.25) is 0 Å². The van der Waals surface area contributed by atoms with Gasteiger partial charge in [-0.2, -0.15) is 0 Å². The van der Waals surface area contributed by atoms with Gasteiger partial charge in [-0.25, -0.2) is 4.79 Å². The van der Waals surface area contributed by atoms with E-state index < -0.39 is 12.0 Å². The first-order valence-electron chi connectivity index (χ1n) is 10.0. The molecule has 1 saturated heterocycles. The van der Waals surface area contributed by atoms with Crippen LogP contribution in [0.1, 0.15) is 55.3 Å². The number of benzene rings is 1. The van der Waals surface area contributed by atoms with E-state index in [0.717, 1.165) is 25.7 Å². The van der Waals surface area contributed by atoms with Crippen molar-refractivity contribution in [1.29, 1.82) is 0 Å². The normalized spacial score (nSPS) is 29.6. The van der Waals surface area contributed by atoms with E-state index >= 15 is 0 Å². The van der Waals surface area contributed by atoms with Gasteiger partial charge in [-0.3, -0.25) is 9.59 Å². The lowest BCUT2D eigenvalue weighted by molar-refractivity contribution is -0.143. The number of nitrogens with one attached hydrogen (secondary N) is 1. The van der Waals surface area contributed by atoms with Crippen molar-refractivity contribution in [3.63, 3.8) is 0 Å². The van der Waals surface area contributed by atoms with Crippen molar-refractivity contribution >= 4 is 23.5 Å². The first-order chi connectivity index (χ1) is 13.1. The minimum absolute atomic E-state index is 0.0536. The number of rotatable bonds is 4. The molecule has 1 aromatic carbocycles. The van der Waals surface area contributed by atoms with Crippen LogP contribution in [0.5, 0.6) is 0 Å². The number of carbonyl (C=O) groups excluding carboxylic acids is 2. The Labute approximate surface area is 158 Å². The van der Waals surface area contributed by atoms with Crippen molar-refractivity contribution in [1.82, 2.24) is 4.90 Å². The van der Waals surface area contributed by atoms with E-state index in [1.165, 1.54) is 17.7 Å². The summed E-state index contributed by atoms with van der Waals surface area (Å²) >= 11 is 0. The third-order valence-electron chi connectivity index (χ3n) is 6.39. The number of nitrogens with zero attached hydrogens (tertiary/aromatic N) is 1. The molecule has 6 nitrogen and oxygen atoms in total. The Morgan fingerprint density at radius 1 is 1.00 bits per heavy atom. The van der Waals surface area contributed by atoms with Gasteiger partial charge >= 0.3 is 5.97 Å². The van der Waals surface area contributed by atoms with Crippen molar-refractivity contribution in [3.8, 4) is 0 Å². The summed E-state index contributed by atoms with van der Waals surface area (Å²) in [5.74, 6) is 0.00634. The molecule has 2 aliphatic carbocycles. The molecule has 0 aromatic heterocycles. The van der Waals surface area contributed by atoms with Crippen LogP contribution in [-0.4, -0.2) is 40.4 Å². The van der Waals surface area contributed by atoms with Crippen molar-refractivity contribution in [3.05, 3.63) is 29.8 Å². The molecule has 0 bridgehead atoms. The predicted molar refractivity (Wildman–Crippen MR) is 100 cm³/mol. The molecule has 1 heterocycles. The number of carboxylic acids is 1. The maximum absolute atomic E-state index is 12.9. The van der Waals surface area contributed by atoms with Crippen LogP contribution >= 0.6 is 0 Å². The fourth-order valence-electron chi connectivity index (χ4n) is 4.93. The van der Waals surface area contributed by atoms with E-state index in [1.54, 1.807) is 24.3 Å². The molecule has 4 rings (SSSR count). The number of carboxylic acid groups (broad SMARTS) is 1. The number of likely N-dealkylation sites (tertiary alicyclic amines) is 1. The van der Waals surface area contributed by atoms with Gasteiger partial charge in [0.2, 0.25) is 5.91 Å². The Kier molecular flexibility index (Phi) is 4.89. The summed E-state index contributed by atoms with van der Waals surface area (Å²) < 4.78 is 0. The van der Waals surface area contributed by atoms with E-state index in [2.05, 4.69) is 5.32 Å². The zero-order chi connectivity index (χ0) is 19.0. The molecule has 1 aliphatic heterocycles. The zero-order valence-corrected chi connectivity index (χ0v) is 15.4. The average Bonchev–Trinajstić information content (AvgIpc) is 3.42. The van der Waals surface area contributed by atoms with Crippen molar-refractivity contribution in [2.45, 2.75) is 51.0 Å². The van der Waals surface area contributed by atoms with Gasteiger partial charge in [-0.15, -0.1) is 0 Å². The molecule has 0 radical (unpaired) electrons. The van der Waals surface area contributed by atoms with Gasteiger partial charge in [-0.1, -0.05) is 18.9 Å². The third kappa shape index (κ3) is 3.57. The number of carbonyl (C=O) groups is 3. The largest absolute Gasteiger partial charge is 0.480 e.